The Bertz CT molecular complexity index is 167. The summed E-state index contributed by atoms with van der Waals surface area (Å²) in [7, 11) is 0. The molecule has 1 aliphatic rings. The van der Waals surface area contributed by atoms with Crippen LogP contribution < -0.4 is 10.6 Å². The third-order valence-corrected chi connectivity index (χ3v) is 1.96. The van der Waals surface area contributed by atoms with E-state index < -0.39 is 6.10 Å². The zero-order chi connectivity index (χ0) is 9.68. The first-order valence-electron chi connectivity index (χ1n) is 4.86. The molecule has 0 radical (unpaired) electrons. The molecule has 4 nitrogen and oxygen atoms in total. The second-order valence-electron chi connectivity index (χ2n) is 3.63. The maximum atomic E-state index is 11.1. The SMILES string of the molecule is CC(O)CNC(=O)CCNC1CC1. The fourth-order valence-corrected chi connectivity index (χ4v) is 1.03. The predicted molar refractivity (Wildman–Crippen MR) is 50.3 cm³/mol. The van der Waals surface area contributed by atoms with Gasteiger partial charge in [0.25, 0.3) is 0 Å². The minimum atomic E-state index is -0.458. The molecule has 0 aromatic rings. The molecule has 0 bridgehead atoms. The van der Waals surface area contributed by atoms with Gasteiger partial charge in [0.15, 0.2) is 0 Å². The lowest BCUT2D eigenvalue weighted by Crippen LogP contribution is -2.33. The number of carbonyl (C=O) groups is 1. The average Bonchev–Trinajstić information content (AvgIpc) is 2.84. The summed E-state index contributed by atoms with van der Waals surface area (Å²) in [5, 5.41) is 14.8. The third kappa shape index (κ3) is 5.60. The molecule has 76 valence electrons. The van der Waals surface area contributed by atoms with Crippen LogP contribution in [0.5, 0.6) is 0 Å². The Labute approximate surface area is 78.7 Å². The Morgan fingerprint density at radius 2 is 2.31 bits per heavy atom. The smallest absolute Gasteiger partial charge is 0.221 e. The highest BCUT2D eigenvalue weighted by Gasteiger charge is 2.19. The normalized spacial score (nSPS) is 18.3. The maximum Gasteiger partial charge on any atom is 0.221 e. The van der Waals surface area contributed by atoms with Gasteiger partial charge in [0.05, 0.1) is 6.10 Å². The molecule has 1 aliphatic carbocycles. The van der Waals surface area contributed by atoms with Crippen molar-refractivity contribution in [2.45, 2.75) is 38.3 Å². The van der Waals surface area contributed by atoms with E-state index in [1.54, 1.807) is 6.92 Å². The Morgan fingerprint density at radius 3 is 2.85 bits per heavy atom. The molecule has 0 aliphatic heterocycles. The highest BCUT2D eigenvalue weighted by Crippen LogP contribution is 2.18. The number of aliphatic hydroxyl groups excluding tert-OH is 1. The van der Waals surface area contributed by atoms with Crippen LogP contribution >= 0.6 is 0 Å². The first kappa shape index (κ1) is 10.5. The molecule has 1 saturated carbocycles. The lowest BCUT2D eigenvalue weighted by atomic mass is 10.3. The average molecular weight is 186 g/mol. The summed E-state index contributed by atoms with van der Waals surface area (Å²) in [6.07, 6.45) is 2.54. The number of carbonyl (C=O) groups excluding carboxylic acids is 1. The minimum Gasteiger partial charge on any atom is -0.392 e. The van der Waals surface area contributed by atoms with Crippen molar-refractivity contribution in [3.05, 3.63) is 0 Å². The van der Waals surface area contributed by atoms with E-state index in [4.69, 9.17) is 5.11 Å². The third-order valence-electron chi connectivity index (χ3n) is 1.96. The van der Waals surface area contributed by atoms with E-state index in [9.17, 15) is 4.79 Å². The number of hydrogen-bond donors (Lipinski definition) is 3. The van der Waals surface area contributed by atoms with Gasteiger partial charge in [0.2, 0.25) is 5.91 Å². The zero-order valence-electron chi connectivity index (χ0n) is 8.05. The van der Waals surface area contributed by atoms with E-state index in [2.05, 4.69) is 10.6 Å². The summed E-state index contributed by atoms with van der Waals surface area (Å²) in [5.41, 5.74) is 0. The van der Waals surface area contributed by atoms with E-state index in [1.807, 2.05) is 0 Å². The number of aliphatic hydroxyl groups is 1. The molecular formula is C9H18N2O2. The fraction of sp³-hybridized carbons (Fsp3) is 0.889. The van der Waals surface area contributed by atoms with Crippen molar-refractivity contribution in [3.8, 4) is 0 Å². The Morgan fingerprint density at radius 1 is 1.62 bits per heavy atom. The van der Waals surface area contributed by atoms with Crippen molar-refractivity contribution >= 4 is 5.91 Å². The molecule has 0 spiro atoms. The molecular weight excluding hydrogens is 168 g/mol. The van der Waals surface area contributed by atoms with Crippen molar-refractivity contribution in [1.29, 1.82) is 0 Å². The van der Waals surface area contributed by atoms with E-state index in [0.717, 1.165) is 6.54 Å². The van der Waals surface area contributed by atoms with Crippen molar-refractivity contribution in [3.63, 3.8) is 0 Å². The first-order valence-corrected chi connectivity index (χ1v) is 4.86. The lowest BCUT2D eigenvalue weighted by Gasteiger charge is -2.07. The first-order chi connectivity index (χ1) is 6.18. The van der Waals surface area contributed by atoms with Gasteiger partial charge in [-0.1, -0.05) is 0 Å². The topological polar surface area (TPSA) is 61.4 Å². The van der Waals surface area contributed by atoms with Gasteiger partial charge in [0, 0.05) is 25.6 Å². The minimum absolute atomic E-state index is 0.00838. The molecule has 1 amide bonds. The highest BCUT2D eigenvalue weighted by molar-refractivity contribution is 5.76. The van der Waals surface area contributed by atoms with Crippen LogP contribution in [0.25, 0.3) is 0 Å². The summed E-state index contributed by atoms with van der Waals surface area (Å²) in [6, 6.07) is 0.657. The standard InChI is InChI=1S/C9H18N2O2/c1-7(12)6-11-9(13)4-5-10-8-2-3-8/h7-8,10,12H,2-6H2,1H3,(H,11,13). The second-order valence-corrected chi connectivity index (χ2v) is 3.63. The molecule has 1 atom stereocenters. The van der Waals surface area contributed by atoms with Crippen LogP contribution in [0.1, 0.15) is 26.2 Å². The van der Waals surface area contributed by atoms with Gasteiger partial charge >= 0.3 is 0 Å². The van der Waals surface area contributed by atoms with Gasteiger partial charge in [-0.15, -0.1) is 0 Å². The molecule has 13 heavy (non-hydrogen) atoms. The van der Waals surface area contributed by atoms with E-state index >= 15 is 0 Å². The lowest BCUT2D eigenvalue weighted by molar-refractivity contribution is -0.121. The molecule has 1 unspecified atom stereocenters. The summed E-state index contributed by atoms with van der Waals surface area (Å²) in [6.45, 7) is 2.75. The Hall–Kier alpha value is -0.610. The number of hydrogen-bond acceptors (Lipinski definition) is 3. The maximum absolute atomic E-state index is 11.1. The molecule has 0 aromatic carbocycles. The van der Waals surface area contributed by atoms with E-state index in [0.29, 0.717) is 19.0 Å². The molecule has 1 fully saturated rings. The van der Waals surface area contributed by atoms with E-state index in [-0.39, 0.29) is 5.91 Å². The van der Waals surface area contributed by atoms with Crippen LogP contribution in [0, 0.1) is 0 Å². The zero-order valence-corrected chi connectivity index (χ0v) is 8.05. The monoisotopic (exact) mass is 186 g/mol. The van der Waals surface area contributed by atoms with Crippen molar-refractivity contribution in [2.24, 2.45) is 0 Å². The van der Waals surface area contributed by atoms with Crippen molar-refractivity contribution < 1.29 is 9.90 Å². The summed E-state index contributed by atoms with van der Waals surface area (Å²) >= 11 is 0. The van der Waals surface area contributed by atoms with Gasteiger partial charge in [-0.3, -0.25) is 4.79 Å². The van der Waals surface area contributed by atoms with Crippen LogP contribution in [0.4, 0.5) is 0 Å². The predicted octanol–water partition coefficient (Wildman–Crippen LogP) is -0.374. The van der Waals surface area contributed by atoms with E-state index in [1.165, 1.54) is 12.8 Å². The van der Waals surface area contributed by atoms with Gasteiger partial charge in [0.1, 0.15) is 0 Å². The van der Waals surface area contributed by atoms with Crippen LogP contribution in [0.3, 0.4) is 0 Å². The number of rotatable bonds is 6. The van der Waals surface area contributed by atoms with Crippen LogP contribution in [0.2, 0.25) is 0 Å². The van der Waals surface area contributed by atoms with Crippen molar-refractivity contribution in [1.82, 2.24) is 10.6 Å². The number of amides is 1. The van der Waals surface area contributed by atoms with Crippen LogP contribution in [-0.2, 0) is 4.79 Å². The fourth-order valence-electron chi connectivity index (χ4n) is 1.03. The van der Waals surface area contributed by atoms with Crippen LogP contribution in [-0.4, -0.2) is 36.2 Å². The second kappa shape index (κ2) is 5.19. The molecule has 1 rings (SSSR count). The van der Waals surface area contributed by atoms with Crippen molar-refractivity contribution in [2.75, 3.05) is 13.1 Å². The quantitative estimate of drug-likeness (QED) is 0.530. The molecule has 0 heterocycles. The summed E-state index contributed by atoms with van der Waals surface area (Å²) < 4.78 is 0. The largest absolute Gasteiger partial charge is 0.392 e. The molecule has 0 saturated heterocycles. The van der Waals surface area contributed by atoms with Gasteiger partial charge in [-0.25, -0.2) is 0 Å². The van der Waals surface area contributed by atoms with Gasteiger partial charge in [-0.2, -0.15) is 0 Å². The van der Waals surface area contributed by atoms with Gasteiger partial charge in [-0.05, 0) is 19.8 Å². The Balaban J connectivity index is 1.90. The Kier molecular flexibility index (Phi) is 4.18. The van der Waals surface area contributed by atoms with Crippen LogP contribution in [0.15, 0.2) is 0 Å². The molecule has 0 aromatic heterocycles. The van der Waals surface area contributed by atoms with Gasteiger partial charge < -0.3 is 15.7 Å². The molecule has 4 heteroatoms. The number of nitrogens with one attached hydrogen (secondary N) is 2. The molecule has 3 N–H and O–H groups in total. The highest BCUT2D eigenvalue weighted by atomic mass is 16.3. The summed E-state index contributed by atoms with van der Waals surface area (Å²) in [5.74, 6) is 0.00838. The summed E-state index contributed by atoms with van der Waals surface area (Å²) in [4.78, 5) is 11.1.